The normalized spacial score (nSPS) is 15.6. The van der Waals surface area contributed by atoms with Crippen LogP contribution in [-0.2, 0) is 22.6 Å². The van der Waals surface area contributed by atoms with Crippen LogP contribution in [0.5, 0.6) is 0 Å². The Kier molecular flexibility index (Phi) is 7.11. The van der Waals surface area contributed by atoms with Crippen molar-refractivity contribution in [2.24, 2.45) is 0 Å². The summed E-state index contributed by atoms with van der Waals surface area (Å²) in [7, 11) is 0. The Morgan fingerprint density at radius 2 is 2.00 bits per heavy atom. The Hall–Kier alpha value is -3.56. The van der Waals surface area contributed by atoms with Crippen molar-refractivity contribution in [3.63, 3.8) is 0 Å². The molecule has 186 valence electrons. The van der Waals surface area contributed by atoms with E-state index in [2.05, 4.69) is 20.6 Å². The second kappa shape index (κ2) is 10.6. The highest BCUT2D eigenvalue weighted by atomic mass is 35.5. The van der Waals surface area contributed by atoms with Gasteiger partial charge in [-0.25, -0.2) is 14.4 Å². The molecule has 3 heterocycles. The minimum atomic E-state index is -0.385. The van der Waals surface area contributed by atoms with E-state index in [0.717, 1.165) is 18.4 Å². The van der Waals surface area contributed by atoms with E-state index >= 15 is 0 Å². The summed E-state index contributed by atoms with van der Waals surface area (Å²) < 4.78 is 19.2. The standard InChI is InChI=1S/C26H25ClFN5O3/c27-21-13-30-26(31-19-7-9-36-10-8-19)32-24(21)16-5-6-18-14-33(25(35)20(18)11-16)15-23(34)29-12-17-3-1-2-4-22(17)28/h1-6,11,13,19H,7-10,12,14-15H2,(H,29,34)(H,30,31,32). The van der Waals surface area contributed by atoms with Crippen LogP contribution in [0.1, 0.15) is 34.3 Å². The van der Waals surface area contributed by atoms with Crippen molar-refractivity contribution in [1.29, 1.82) is 0 Å². The summed E-state index contributed by atoms with van der Waals surface area (Å²) in [6.07, 6.45) is 3.30. The average Bonchev–Trinajstić information content (AvgIpc) is 3.19. The molecule has 1 aromatic heterocycles. The number of nitrogens with one attached hydrogen (secondary N) is 2. The molecular weight excluding hydrogens is 485 g/mol. The minimum absolute atomic E-state index is 0.0566. The highest BCUT2D eigenvalue weighted by molar-refractivity contribution is 6.33. The Morgan fingerprint density at radius 3 is 2.81 bits per heavy atom. The summed E-state index contributed by atoms with van der Waals surface area (Å²) in [5, 5.41) is 6.38. The Balaban J connectivity index is 1.26. The van der Waals surface area contributed by atoms with Gasteiger partial charge in [-0.3, -0.25) is 9.59 Å². The maximum atomic E-state index is 13.8. The number of carbonyl (C=O) groups excluding carboxylic acids is 2. The molecule has 0 radical (unpaired) electrons. The second-order valence-electron chi connectivity index (χ2n) is 8.82. The number of amides is 2. The number of anilines is 1. The third-order valence-electron chi connectivity index (χ3n) is 6.33. The second-order valence-corrected chi connectivity index (χ2v) is 9.23. The maximum Gasteiger partial charge on any atom is 0.254 e. The van der Waals surface area contributed by atoms with Gasteiger partial charge in [-0.05, 0) is 30.5 Å². The molecule has 0 atom stereocenters. The number of fused-ring (bicyclic) bond motifs is 1. The van der Waals surface area contributed by atoms with Crippen LogP contribution in [0.15, 0.2) is 48.7 Å². The summed E-state index contributed by atoms with van der Waals surface area (Å²) >= 11 is 6.41. The molecule has 2 aromatic carbocycles. The number of ether oxygens (including phenoxy) is 1. The molecule has 2 aliphatic rings. The molecule has 2 amide bonds. The van der Waals surface area contributed by atoms with Crippen LogP contribution in [0, 0.1) is 5.82 Å². The molecule has 0 saturated carbocycles. The van der Waals surface area contributed by atoms with Crippen LogP contribution in [-0.4, -0.2) is 52.5 Å². The van der Waals surface area contributed by atoms with Crippen LogP contribution in [0.25, 0.3) is 11.3 Å². The van der Waals surface area contributed by atoms with Crippen LogP contribution >= 0.6 is 11.6 Å². The van der Waals surface area contributed by atoms with Gasteiger partial charge < -0.3 is 20.3 Å². The van der Waals surface area contributed by atoms with Gasteiger partial charge in [-0.15, -0.1) is 0 Å². The van der Waals surface area contributed by atoms with E-state index in [1.165, 1.54) is 11.0 Å². The first-order valence-electron chi connectivity index (χ1n) is 11.8. The van der Waals surface area contributed by atoms with E-state index in [0.29, 0.717) is 53.1 Å². The molecule has 0 spiro atoms. The Morgan fingerprint density at radius 1 is 1.19 bits per heavy atom. The van der Waals surface area contributed by atoms with E-state index in [1.54, 1.807) is 30.5 Å². The van der Waals surface area contributed by atoms with Crippen molar-refractivity contribution >= 4 is 29.4 Å². The lowest BCUT2D eigenvalue weighted by Gasteiger charge is -2.23. The highest BCUT2D eigenvalue weighted by Crippen LogP contribution is 2.31. The van der Waals surface area contributed by atoms with Crippen molar-refractivity contribution in [2.75, 3.05) is 25.1 Å². The number of hydrogen-bond acceptors (Lipinski definition) is 6. The number of carbonyl (C=O) groups is 2. The summed E-state index contributed by atoms with van der Waals surface area (Å²) in [6, 6.07) is 11.9. The number of aromatic nitrogens is 2. The Bertz CT molecular complexity index is 1300. The fraction of sp³-hybridized carbons (Fsp3) is 0.308. The first-order valence-corrected chi connectivity index (χ1v) is 12.2. The van der Waals surface area contributed by atoms with Crippen LogP contribution < -0.4 is 10.6 Å². The fourth-order valence-electron chi connectivity index (χ4n) is 4.36. The first kappa shape index (κ1) is 24.1. The smallest absolute Gasteiger partial charge is 0.254 e. The lowest BCUT2D eigenvalue weighted by atomic mass is 10.0. The van der Waals surface area contributed by atoms with E-state index in [9.17, 15) is 14.0 Å². The van der Waals surface area contributed by atoms with Crippen molar-refractivity contribution in [3.05, 3.63) is 76.2 Å². The monoisotopic (exact) mass is 509 g/mol. The van der Waals surface area contributed by atoms with Gasteiger partial charge in [0.25, 0.3) is 5.91 Å². The van der Waals surface area contributed by atoms with E-state index in [-0.39, 0.29) is 36.8 Å². The van der Waals surface area contributed by atoms with E-state index in [1.807, 2.05) is 12.1 Å². The highest BCUT2D eigenvalue weighted by Gasteiger charge is 2.29. The molecule has 2 aliphatic heterocycles. The molecule has 1 fully saturated rings. The number of benzene rings is 2. The van der Waals surface area contributed by atoms with Gasteiger partial charge in [0.05, 0.1) is 16.9 Å². The zero-order valence-electron chi connectivity index (χ0n) is 19.5. The molecule has 0 unspecified atom stereocenters. The third-order valence-corrected chi connectivity index (χ3v) is 6.61. The number of rotatable bonds is 7. The predicted octanol–water partition coefficient (Wildman–Crippen LogP) is 3.80. The lowest BCUT2D eigenvalue weighted by Crippen LogP contribution is -2.37. The summed E-state index contributed by atoms with van der Waals surface area (Å²) in [5.74, 6) is -0.522. The van der Waals surface area contributed by atoms with E-state index in [4.69, 9.17) is 16.3 Å². The topological polar surface area (TPSA) is 96.5 Å². The van der Waals surface area contributed by atoms with Gasteiger partial charge in [-0.2, -0.15) is 0 Å². The van der Waals surface area contributed by atoms with Crippen LogP contribution in [0.4, 0.5) is 10.3 Å². The summed E-state index contributed by atoms with van der Waals surface area (Å²) in [6.45, 7) is 1.65. The van der Waals surface area contributed by atoms with Gasteiger partial charge >= 0.3 is 0 Å². The van der Waals surface area contributed by atoms with Gasteiger partial charge in [0.2, 0.25) is 11.9 Å². The molecule has 5 rings (SSSR count). The van der Waals surface area contributed by atoms with Crippen LogP contribution in [0.3, 0.4) is 0 Å². The number of nitrogens with zero attached hydrogens (tertiary/aromatic N) is 3. The minimum Gasteiger partial charge on any atom is -0.381 e. The molecule has 36 heavy (non-hydrogen) atoms. The first-order chi connectivity index (χ1) is 17.5. The maximum absolute atomic E-state index is 13.8. The largest absolute Gasteiger partial charge is 0.381 e. The number of hydrogen-bond donors (Lipinski definition) is 2. The van der Waals surface area contributed by atoms with E-state index < -0.39 is 0 Å². The molecule has 0 aliphatic carbocycles. The predicted molar refractivity (Wildman–Crippen MR) is 133 cm³/mol. The van der Waals surface area contributed by atoms with Crippen LogP contribution in [0.2, 0.25) is 5.02 Å². The van der Waals surface area contributed by atoms with Gasteiger partial charge in [0.15, 0.2) is 0 Å². The molecular formula is C26H25ClFN5O3. The molecule has 1 saturated heterocycles. The molecule has 8 nitrogen and oxygen atoms in total. The molecule has 10 heteroatoms. The van der Waals surface area contributed by atoms with Gasteiger partial charge in [-0.1, -0.05) is 41.9 Å². The van der Waals surface area contributed by atoms with Crippen molar-refractivity contribution < 1.29 is 18.7 Å². The average molecular weight is 510 g/mol. The molecule has 0 bridgehead atoms. The quantitative estimate of drug-likeness (QED) is 0.503. The summed E-state index contributed by atoms with van der Waals surface area (Å²) in [5.41, 5.74) is 2.92. The zero-order valence-corrected chi connectivity index (χ0v) is 20.2. The van der Waals surface area contributed by atoms with Crippen molar-refractivity contribution in [2.45, 2.75) is 32.0 Å². The molecule has 3 aromatic rings. The number of halogens is 2. The van der Waals surface area contributed by atoms with Gasteiger partial charge in [0, 0.05) is 49.0 Å². The lowest BCUT2D eigenvalue weighted by molar-refractivity contribution is -0.122. The SMILES string of the molecule is O=C(CN1Cc2ccc(-c3nc(NC4CCOCC4)ncc3Cl)cc2C1=O)NCc1ccccc1F. The Labute approximate surface area is 212 Å². The third kappa shape index (κ3) is 5.32. The van der Waals surface area contributed by atoms with Gasteiger partial charge in [0.1, 0.15) is 12.4 Å². The van der Waals surface area contributed by atoms with Crippen molar-refractivity contribution in [1.82, 2.24) is 20.2 Å². The van der Waals surface area contributed by atoms with Crippen molar-refractivity contribution in [3.8, 4) is 11.3 Å². The fourth-order valence-corrected chi connectivity index (χ4v) is 4.56. The summed E-state index contributed by atoms with van der Waals surface area (Å²) in [4.78, 5) is 35.9. The zero-order chi connectivity index (χ0) is 25.1. The molecule has 2 N–H and O–H groups in total.